The molecule has 1 heterocycles. The summed E-state index contributed by atoms with van der Waals surface area (Å²) in [6.07, 6.45) is 0. The fourth-order valence-electron chi connectivity index (χ4n) is 2.74. The van der Waals surface area contributed by atoms with E-state index >= 15 is 0 Å². The summed E-state index contributed by atoms with van der Waals surface area (Å²) in [7, 11) is 0. The summed E-state index contributed by atoms with van der Waals surface area (Å²) in [6, 6.07) is 22.0. The van der Waals surface area contributed by atoms with E-state index in [0.29, 0.717) is 15.9 Å². The van der Waals surface area contributed by atoms with E-state index in [1.807, 2.05) is 30.3 Å². The molecule has 4 aromatic rings. The van der Waals surface area contributed by atoms with Gasteiger partial charge in [0.1, 0.15) is 11.1 Å². The van der Waals surface area contributed by atoms with E-state index in [4.69, 9.17) is 11.6 Å². The minimum Gasteiger partial charge on any atom is -0.325 e. The fourth-order valence-corrected chi connectivity index (χ4v) is 3.87. The Morgan fingerprint density at radius 1 is 1.00 bits per heavy atom. The second kappa shape index (κ2) is 9.06. The van der Waals surface area contributed by atoms with Crippen molar-refractivity contribution >= 4 is 35.0 Å². The lowest BCUT2D eigenvalue weighted by Crippen LogP contribution is -2.19. The maximum absolute atomic E-state index is 13.2. The Kier molecular flexibility index (Phi) is 6.06. The summed E-state index contributed by atoms with van der Waals surface area (Å²) >= 11 is 7.18. The molecule has 1 N–H and O–H groups in total. The van der Waals surface area contributed by atoms with Crippen LogP contribution in [0.2, 0.25) is 5.02 Å². The molecule has 0 aliphatic rings. The van der Waals surface area contributed by atoms with Crippen LogP contribution in [0.1, 0.15) is 10.8 Å². The first-order chi connectivity index (χ1) is 14.6. The molecule has 4 rings (SSSR count). The third-order valence-electron chi connectivity index (χ3n) is 4.19. The molecule has 6 nitrogen and oxygen atoms in total. The van der Waals surface area contributed by atoms with Crippen molar-refractivity contribution in [1.82, 2.24) is 20.2 Å². The highest BCUT2D eigenvalue weighted by atomic mass is 35.5. The number of benzene rings is 3. The van der Waals surface area contributed by atoms with Gasteiger partial charge in [-0.05, 0) is 64.5 Å². The molecule has 1 unspecified atom stereocenters. The van der Waals surface area contributed by atoms with E-state index < -0.39 is 5.25 Å². The van der Waals surface area contributed by atoms with Crippen LogP contribution in [-0.4, -0.2) is 26.1 Å². The summed E-state index contributed by atoms with van der Waals surface area (Å²) in [4.78, 5) is 13.1. The zero-order chi connectivity index (χ0) is 20.9. The first-order valence-corrected chi connectivity index (χ1v) is 10.2. The smallest absolute Gasteiger partial charge is 0.242 e. The number of thioether (sulfide) groups is 1. The van der Waals surface area contributed by atoms with E-state index in [1.54, 1.807) is 28.9 Å². The number of amides is 1. The van der Waals surface area contributed by atoms with Gasteiger partial charge in [-0.1, -0.05) is 53.7 Å². The topological polar surface area (TPSA) is 72.7 Å². The monoisotopic (exact) mass is 439 g/mol. The predicted octanol–water partition coefficient (Wildman–Crippen LogP) is 4.93. The average Bonchev–Trinajstić information content (AvgIpc) is 3.23. The lowest BCUT2D eigenvalue weighted by atomic mass is 10.1. The zero-order valence-electron chi connectivity index (χ0n) is 15.4. The molecule has 1 aromatic heterocycles. The molecule has 9 heteroatoms. The normalized spacial score (nSPS) is 11.8. The minimum atomic E-state index is -0.631. The summed E-state index contributed by atoms with van der Waals surface area (Å²) in [5, 5.41) is 15.1. The highest BCUT2D eigenvalue weighted by Gasteiger charge is 2.25. The molecule has 1 atom stereocenters. The van der Waals surface area contributed by atoms with Crippen molar-refractivity contribution in [3.8, 4) is 5.69 Å². The highest BCUT2D eigenvalue weighted by Crippen LogP contribution is 2.35. The first-order valence-electron chi connectivity index (χ1n) is 8.92. The SMILES string of the molecule is O=C(Nc1ccc(F)cc1)C(Sc1nnnn1-c1ccc(Cl)cc1)c1ccccc1. The molecular weight excluding hydrogens is 425 g/mol. The number of carbonyl (C=O) groups is 1. The molecule has 0 saturated heterocycles. The van der Waals surface area contributed by atoms with Crippen LogP contribution >= 0.6 is 23.4 Å². The van der Waals surface area contributed by atoms with Gasteiger partial charge in [0.15, 0.2) is 0 Å². The Hall–Kier alpha value is -3.23. The lowest BCUT2D eigenvalue weighted by Gasteiger charge is -2.16. The molecule has 0 aliphatic carbocycles. The van der Waals surface area contributed by atoms with Crippen LogP contribution in [0.3, 0.4) is 0 Å². The van der Waals surface area contributed by atoms with Crippen LogP contribution in [0.15, 0.2) is 84.0 Å². The largest absolute Gasteiger partial charge is 0.325 e. The summed E-state index contributed by atoms with van der Waals surface area (Å²) < 4.78 is 14.7. The molecule has 1 amide bonds. The van der Waals surface area contributed by atoms with Crippen molar-refractivity contribution in [2.45, 2.75) is 10.4 Å². The zero-order valence-corrected chi connectivity index (χ0v) is 17.0. The summed E-state index contributed by atoms with van der Waals surface area (Å²) in [5.74, 6) is -0.646. The van der Waals surface area contributed by atoms with E-state index in [0.717, 1.165) is 11.3 Å². The number of aromatic nitrogens is 4. The Morgan fingerprint density at radius 3 is 2.40 bits per heavy atom. The van der Waals surface area contributed by atoms with Gasteiger partial charge in [0.25, 0.3) is 0 Å². The minimum absolute atomic E-state index is 0.275. The predicted molar refractivity (Wildman–Crippen MR) is 114 cm³/mol. The molecule has 0 radical (unpaired) electrons. The number of hydrogen-bond donors (Lipinski definition) is 1. The van der Waals surface area contributed by atoms with Crippen molar-refractivity contribution in [2.75, 3.05) is 5.32 Å². The van der Waals surface area contributed by atoms with Gasteiger partial charge in [0.05, 0.1) is 5.69 Å². The van der Waals surface area contributed by atoms with Gasteiger partial charge in [0, 0.05) is 10.7 Å². The Bertz CT molecular complexity index is 1140. The molecule has 0 spiro atoms. The third kappa shape index (κ3) is 4.67. The number of nitrogens with zero attached hydrogens (tertiary/aromatic N) is 4. The molecule has 30 heavy (non-hydrogen) atoms. The van der Waals surface area contributed by atoms with Gasteiger partial charge in [-0.25, -0.2) is 4.39 Å². The molecule has 0 bridgehead atoms. The van der Waals surface area contributed by atoms with Gasteiger partial charge in [-0.2, -0.15) is 4.68 Å². The maximum atomic E-state index is 13.2. The molecule has 0 fully saturated rings. The fraction of sp³-hybridized carbons (Fsp3) is 0.0476. The first kappa shape index (κ1) is 20.1. The molecule has 150 valence electrons. The van der Waals surface area contributed by atoms with Crippen molar-refractivity contribution in [2.24, 2.45) is 0 Å². The van der Waals surface area contributed by atoms with E-state index in [2.05, 4.69) is 20.8 Å². The van der Waals surface area contributed by atoms with Crippen molar-refractivity contribution in [1.29, 1.82) is 0 Å². The third-order valence-corrected chi connectivity index (χ3v) is 5.63. The van der Waals surface area contributed by atoms with Gasteiger partial charge >= 0.3 is 0 Å². The lowest BCUT2D eigenvalue weighted by molar-refractivity contribution is -0.115. The number of anilines is 1. The quantitative estimate of drug-likeness (QED) is 0.431. The van der Waals surface area contributed by atoms with Crippen LogP contribution in [0.4, 0.5) is 10.1 Å². The number of hydrogen-bond acceptors (Lipinski definition) is 5. The number of rotatable bonds is 6. The van der Waals surface area contributed by atoms with Gasteiger partial charge < -0.3 is 5.32 Å². The standard InChI is InChI=1S/C21H15ClFN5OS/c22-15-6-12-18(13-7-15)28-21(25-26-27-28)30-19(14-4-2-1-3-5-14)20(29)24-17-10-8-16(23)9-11-17/h1-13,19H,(H,24,29). The second-order valence-electron chi connectivity index (χ2n) is 6.25. The van der Waals surface area contributed by atoms with E-state index in [9.17, 15) is 9.18 Å². The Morgan fingerprint density at radius 2 is 1.70 bits per heavy atom. The molecular formula is C21H15ClFN5OS. The van der Waals surface area contributed by atoms with Gasteiger partial charge in [0.2, 0.25) is 11.1 Å². The van der Waals surface area contributed by atoms with Crippen molar-refractivity contribution in [3.05, 3.63) is 95.3 Å². The Balaban J connectivity index is 1.63. The van der Waals surface area contributed by atoms with Gasteiger partial charge in [-0.3, -0.25) is 4.79 Å². The molecule has 3 aromatic carbocycles. The number of nitrogens with one attached hydrogen (secondary N) is 1. The van der Waals surface area contributed by atoms with Gasteiger partial charge in [-0.15, -0.1) is 5.10 Å². The summed E-state index contributed by atoms with van der Waals surface area (Å²) in [5.41, 5.74) is 2.01. The highest BCUT2D eigenvalue weighted by molar-refractivity contribution is 8.00. The summed E-state index contributed by atoms with van der Waals surface area (Å²) in [6.45, 7) is 0. The maximum Gasteiger partial charge on any atom is 0.242 e. The van der Waals surface area contributed by atoms with E-state index in [1.165, 1.54) is 36.0 Å². The van der Waals surface area contributed by atoms with Crippen LogP contribution < -0.4 is 5.32 Å². The number of tetrazole rings is 1. The van der Waals surface area contributed by atoms with Crippen LogP contribution in [0.5, 0.6) is 0 Å². The molecule has 0 aliphatic heterocycles. The van der Waals surface area contributed by atoms with E-state index in [-0.39, 0.29) is 11.7 Å². The van der Waals surface area contributed by atoms with Crippen LogP contribution in [-0.2, 0) is 4.79 Å². The van der Waals surface area contributed by atoms with Crippen molar-refractivity contribution < 1.29 is 9.18 Å². The average molecular weight is 440 g/mol. The number of halogens is 2. The van der Waals surface area contributed by atoms with Crippen molar-refractivity contribution in [3.63, 3.8) is 0 Å². The van der Waals surface area contributed by atoms with Crippen LogP contribution in [0.25, 0.3) is 5.69 Å². The number of carbonyl (C=O) groups excluding carboxylic acids is 1. The van der Waals surface area contributed by atoms with Crippen LogP contribution in [0, 0.1) is 5.82 Å². The second-order valence-corrected chi connectivity index (χ2v) is 7.76. The Labute approximate surface area is 181 Å². The molecule has 0 saturated carbocycles.